The summed E-state index contributed by atoms with van der Waals surface area (Å²) in [6.45, 7) is 3.51. The lowest BCUT2D eigenvalue weighted by Crippen LogP contribution is -2.19. The second-order valence-electron chi connectivity index (χ2n) is 3.98. The normalized spacial score (nSPS) is 9.94. The SMILES string of the molecule is COc1cc(C)cc(C)c1C(=O)C(=O)CC(=O)O. The number of rotatable bonds is 5. The highest BCUT2D eigenvalue weighted by atomic mass is 16.5. The van der Waals surface area contributed by atoms with Gasteiger partial charge in [-0.2, -0.15) is 0 Å². The van der Waals surface area contributed by atoms with Gasteiger partial charge in [0.1, 0.15) is 12.2 Å². The van der Waals surface area contributed by atoms with E-state index in [-0.39, 0.29) is 11.3 Å². The molecule has 0 saturated carbocycles. The third-order valence-electron chi connectivity index (χ3n) is 2.46. The number of benzene rings is 1. The number of hydrogen-bond donors (Lipinski definition) is 1. The first-order chi connectivity index (χ1) is 8.36. The number of carbonyl (C=O) groups excluding carboxylic acids is 2. The van der Waals surface area contributed by atoms with Gasteiger partial charge in [-0.05, 0) is 31.0 Å². The molecular weight excluding hydrogens is 236 g/mol. The van der Waals surface area contributed by atoms with Crippen molar-refractivity contribution >= 4 is 17.5 Å². The molecular formula is C13H14O5. The second-order valence-corrected chi connectivity index (χ2v) is 3.98. The molecule has 0 radical (unpaired) electrons. The number of carboxylic acid groups (broad SMARTS) is 1. The van der Waals surface area contributed by atoms with Gasteiger partial charge in [-0.25, -0.2) is 0 Å². The number of hydrogen-bond acceptors (Lipinski definition) is 4. The van der Waals surface area contributed by atoms with Crippen molar-refractivity contribution in [1.29, 1.82) is 0 Å². The van der Waals surface area contributed by atoms with Gasteiger partial charge >= 0.3 is 5.97 Å². The number of carbonyl (C=O) groups is 3. The average molecular weight is 250 g/mol. The molecule has 5 heteroatoms. The summed E-state index contributed by atoms with van der Waals surface area (Å²) in [5, 5.41) is 8.52. The summed E-state index contributed by atoms with van der Waals surface area (Å²) in [5.41, 5.74) is 1.62. The fourth-order valence-corrected chi connectivity index (χ4v) is 1.74. The van der Waals surface area contributed by atoms with Crippen molar-refractivity contribution in [2.75, 3.05) is 7.11 Å². The molecule has 0 aliphatic rings. The van der Waals surface area contributed by atoms with Crippen molar-refractivity contribution in [3.05, 3.63) is 28.8 Å². The van der Waals surface area contributed by atoms with Crippen molar-refractivity contribution in [1.82, 2.24) is 0 Å². The quantitative estimate of drug-likeness (QED) is 0.487. The van der Waals surface area contributed by atoms with Crippen LogP contribution in [0.2, 0.25) is 0 Å². The van der Waals surface area contributed by atoms with Crippen LogP contribution in [0.25, 0.3) is 0 Å². The predicted octanol–water partition coefficient (Wildman–Crippen LogP) is 1.54. The Morgan fingerprint density at radius 1 is 1.22 bits per heavy atom. The average Bonchev–Trinajstić information content (AvgIpc) is 2.26. The lowest BCUT2D eigenvalue weighted by atomic mass is 9.97. The van der Waals surface area contributed by atoms with Crippen LogP contribution in [-0.2, 0) is 9.59 Å². The third-order valence-corrected chi connectivity index (χ3v) is 2.46. The number of aliphatic carboxylic acids is 1. The monoisotopic (exact) mass is 250 g/mol. The van der Waals surface area contributed by atoms with Crippen molar-refractivity contribution in [2.24, 2.45) is 0 Å². The summed E-state index contributed by atoms with van der Waals surface area (Å²) in [6.07, 6.45) is -0.810. The van der Waals surface area contributed by atoms with Crippen LogP contribution in [0.4, 0.5) is 0 Å². The van der Waals surface area contributed by atoms with Crippen LogP contribution in [0.3, 0.4) is 0 Å². The predicted molar refractivity (Wildman–Crippen MR) is 64.1 cm³/mol. The van der Waals surface area contributed by atoms with Crippen LogP contribution in [0.15, 0.2) is 12.1 Å². The van der Waals surface area contributed by atoms with E-state index in [2.05, 4.69) is 0 Å². The summed E-state index contributed by atoms with van der Waals surface area (Å²) in [4.78, 5) is 33.8. The minimum Gasteiger partial charge on any atom is -0.496 e. The van der Waals surface area contributed by atoms with Gasteiger partial charge in [-0.15, -0.1) is 0 Å². The van der Waals surface area contributed by atoms with Crippen molar-refractivity contribution < 1.29 is 24.2 Å². The molecule has 0 unspecified atom stereocenters. The third kappa shape index (κ3) is 2.94. The van der Waals surface area contributed by atoms with E-state index < -0.39 is 24.0 Å². The fraction of sp³-hybridized carbons (Fsp3) is 0.308. The summed E-state index contributed by atoms with van der Waals surface area (Å²) in [5.74, 6) is -2.81. The van der Waals surface area contributed by atoms with Gasteiger partial charge in [-0.1, -0.05) is 6.07 Å². The topological polar surface area (TPSA) is 80.7 Å². The molecule has 0 aliphatic carbocycles. The molecule has 0 bridgehead atoms. The summed E-state index contributed by atoms with van der Waals surface area (Å²) in [7, 11) is 1.40. The van der Waals surface area contributed by atoms with Gasteiger partial charge in [0.05, 0.1) is 12.7 Å². The summed E-state index contributed by atoms with van der Waals surface area (Å²) < 4.78 is 5.06. The maximum absolute atomic E-state index is 11.9. The molecule has 0 aliphatic heterocycles. The molecule has 0 aromatic heterocycles. The molecule has 96 valence electrons. The van der Waals surface area contributed by atoms with Crippen molar-refractivity contribution in [3.8, 4) is 5.75 Å². The van der Waals surface area contributed by atoms with Crippen LogP contribution in [-0.4, -0.2) is 29.8 Å². The van der Waals surface area contributed by atoms with Gasteiger partial charge in [-0.3, -0.25) is 14.4 Å². The first-order valence-corrected chi connectivity index (χ1v) is 5.31. The molecule has 1 aromatic carbocycles. The van der Waals surface area contributed by atoms with Crippen molar-refractivity contribution in [2.45, 2.75) is 20.3 Å². The molecule has 0 saturated heterocycles. The Hall–Kier alpha value is -2.17. The van der Waals surface area contributed by atoms with E-state index in [1.807, 2.05) is 6.92 Å². The molecule has 0 atom stereocenters. The van der Waals surface area contributed by atoms with Gasteiger partial charge in [0.25, 0.3) is 0 Å². The molecule has 1 N–H and O–H groups in total. The fourth-order valence-electron chi connectivity index (χ4n) is 1.74. The van der Waals surface area contributed by atoms with Crippen LogP contribution >= 0.6 is 0 Å². The van der Waals surface area contributed by atoms with E-state index in [1.54, 1.807) is 19.1 Å². The van der Waals surface area contributed by atoms with Gasteiger partial charge < -0.3 is 9.84 Å². The first kappa shape index (κ1) is 13.9. The van der Waals surface area contributed by atoms with Crippen LogP contribution in [0.1, 0.15) is 27.9 Å². The molecule has 18 heavy (non-hydrogen) atoms. The number of carboxylic acids is 1. The number of ketones is 2. The van der Waals surface area contributed by atoms with Gasteiger partial charge in [0.2, 0.25) is 11.6 Å². The second kappa shape index (κ2) is 5.44. The molecule has 0 amide bonds. The number of methoxy groups -OCH3 is 1. The Labute approximate surface area is 104 Å². The van der Waals surface area contributed by atoms with E-state index in [9.17, 15) is 14.4 Å². The zero-order valence-electron chi connectivity index (χ0n) is 10.4. The highest BCUT2D eigenvalue weighted by Gasteiger charge is 2.24. The minimum absolute atomic E-state index is 0.134. The molecule has 0 heterocycles. The standard InChI is InChI=1S/C13H14O5/c1-7-4-8(2)12(10(5-7)18-3)13(17)9(14)6-11(15)16/h4-5H,6H2,1-3H3,(H,15,16). The number of aryl methyl sites for hydroxylation is 2. The Morgan fingerprint density at radius 2 is 1.83 bits per heavy atom. The summed E-state index contributed by atoms with van der Waals surface area (Å²) >= 11 is 0. The molecule has 5 nitrogen and oxygen atoms in total. The number of ether oxygens (including phenoxy) is 1. The highest BCUT2D eigenvalue weighted by molar-refractivity contribution is 6.46. The smallest absolute Gasteiger partial charge is 0.311 e. The lowest BCUT2D eigenvalue weighted by molar-refractivity contribution is -0.139. The minimum atomic E-state index is -1.32. The molecule has 1 aromatic rings. The Morgan fingerprint density at radius 3 is 2.33 bits per heavy atom. The molecule has 1 rings (SSSR count). The Balaban J connectivity index is 3.20. The van der Waals surface area contributed by atoms with Crippen LogP contribution in [0, 0.1) is 13.8 Å². The van der Waals surface area contributed by atoms with E-state index in [0.29, 0.717) is 5.56 Å². The van der Waals surface area contributed by atoms with Crippen molar-refractivity contribution in [3.63, 3.8) is 0 Å². The van der Waals surface area contributed by atoms with Gasteiger partial charge in [0.15, 0.2) is 0 Å². The van der Waals surface area contributed by atoms with E-state index >= 15 is 0 Å². The zero-order valence-corrected chi connectivity index (χ0v) is 10.4. The largest absolute Gasteiger partial charge is 0.496 e. The lowest BCUT2D eigenvalue weighted by Gasteiger charge is -2.11. The Kier molecular flexibility index (Phi) is 4.20. The molecule has 0 spiro atoms. The maximum atomic E-state index is 11.9. The maximum Gasteiger partial charge on any atom is 0.311 e. The molecule has 0 fully saturated rings. The number of Topliss-reactive ketones (excluding diaryl/α,β-unsaturated/α-hetero) is 2. The van der Waals surface area contributed by atoms with Gasteiger partial charge in [0, 0.05) is 0 Å². The summed E-state index contributed by atoms with van der Waals surface area (Å²) in [6, 6.07) is 3.37. The first-order valence-electron chi connectivity index (χ1n) is 5.31. The van der Waals surface area contributed by atoms with E-state index in [1.165, 1.54) is 7.11 Å². The zero-order chi connectivity index (χ0) is 13.9. The Bertz CT molecular complexity index is 516. The van der Waals surface area contributed by atoms with Crippen LogP contribution < -0.4 is 4.74 Å². The van der Waals surface area contributed by atoms with E-state index in [4.69, 9.17) is 9.84 Å². The van der Waals surface area contributed by atoms with Crippen LogP contribution in [0.5, 0.6) is 5.75 Å². The van der Waals surface area contributed by atoms with E-state index in [0.717, 1.165) is 5.56 Å². The highest BCUT2D eigenvalue weighted by Crippen LogP contribution is 2.25.